The van der Waals surface area contributed by atoms with E-state index < -0.39 is 0 Å². The van der Waals surface area contributed by atoms with E-state index >= 15 is 0 Å². The number of halogens is 1. The summed E-state index contributed by atoms with van der Waals surface area (Å²) < 4.78 is 5.72. The molecule has 1 fully saturated rings. The van der Waals surface area contributed by atoms with Crippen LogP contribution in [0.25, 0.3) is 0 Å². The third-order valence-corrected chi connectivity index (χ3v) is 3.34. The van der Waals surface area contributed by atoms with Crippen molar-refractivity contribution in [2.75, 3.05) is 20.2 Å². The van der Waals surface area contributed by atoms with E-state index in [0.717, 1.165) is 25.9 Å². The van der Waals surface area contributed by atoms with Crippen LogP contribution >= 0.6 is 12.4 Å². The van der Waals surface area contributed by atoms with Crippen LogP contribution in [-0.2, 0) is 10.3 Å². The first kappa shape index (κ1) is 14.0. The molecular weight excluding hydrogens is 236 g/mol. The van der Waals surface area contributed by atoms with Gasteiger partial charge in [0.25, 0.3) is 0 Å². The SMILES string of the molecule is COC1(c2ccc(C#N)cc2)CCNCC1.Cl. The predicted molar refractivity (Wildman–Crippen MR) is 69.2 cm³/mol. The van der Waals surface area contributed by atoms with Gasteiger partial charge in [-0.05, 0) is 43.6 Å². The van der Waals surface area contributed by atoms with Gasteiger partial charge in [0.1, 0.15) is 0 Å². The number of piperidine rings is 1. The molecule has 0 bridgehead atoms. The maximum atomic E-state index is 8.77. The minimum atomic E-state index is -0.167. The summed E-state index contributed by atoms with van der Waals surface area (Å²) in [7, 11) is 1.77. The molecular formula is C13H17ClN2O. The first-order valence-corrected chi connectivity index (χ1v) is 5.57. The van der Waals surface area contributed by atoms with Gasteiger partial charge in [-0.1, -0.05) is 12.1 Å². The molecule has 1 aromatic rings. The molecule has 1 aromatic carbocycles. The highest BCUT2D eigenvalue weighted by atomic mass is 35.5. The summed E-state index contributed by atoms with van der Waals surface area (Å²) in [5, 5.41) is 12.1. The highest BCUT2D eigenvalue weighted by Crippen LogP contribution is 2.34. The average molecular weight is 253 g/mol. The Kier molecular flexibility index (Phi) is 4.95. The summed E-state index contributed by atoms with van der Waals surface area (Å²) in [6.07, 6.45) is 1.96. The van der Waals surface area contributed by atoms with Crippen LogP contribution in [0.15, 0.2) is 24.3 Å². The number of nitrogens with one attached hydrogen (secondary N) is 1. The van der Waals surface area contributed by atoms with Crippen molar-refractivity contribution in [2.45, 2.75) is 18.4 Å². The van der Waals surface area contributed by atoms with Gasteiger partial charge in [0.15, 0.2) is 0 Å². The van der Waals surface area contributed by atoms with Crippen molar-refractivity contribution in [1.82, 2.24) is 5.32 Å². The first-order chi connectivity index (χ1) is 7.80. The lowest BCUT2D eigenvalue weighted by Crippen LogP contribution is -2.41. The van der Waals surface area contributed by atoms with Crippen LogP contribution in [0.1, 0.15) is 24.0 Å². The fourth-order valence-corrected chi connectivity index (χ4v) is 2.29. The summed E-state index contributed by atoms with van der Waals surface area (Å²) in [4.78, 5) is 0. The summed E-state index contributed by atoms with van der Waals surface area (Å²) in [5.74, 6) is 0. The van der Waals surface area contributed by atoms with Gasteiger partial charge in [0.2, 0.25) is 0 Å². The molecule has 17 heavy (non-hydrogen) atoms. The molecule has 0 unspecified atom stereocenters. The molecule has 0 amide bonds. The van der Waals surface area contributed by atoms with E-state index in [1.54, 1.807) is 7.11 Å². The first-order valence-electron chi connectivity index (χ1n) is 5.57. The van der Waals surface area contributed by atoms with Crippen LogP contribution in [0.5, 0.6) is 0 Å². The van der Waals surface area contributed by atoms with E-state index in [4.69, 9.17) is 10.00 Å². The maximum Gasteiger partial charge on any atom is 0.0991 e. The lowest BCUT2D eigenvalue weighted by molar-refractivity contribution is -0.0391. The fraction of sp³-hybridized carbons (Fsp3) is 0.462. The normalized spacial score (nSPS) is 17.9. The van der Waals surface area contributed by atoms with E-state index in [1.807, 2.05) is 24.3 Å². The topological polar surface area (TPSA) is 45.0 Å². The van der Waals surface area contributed by atoms with Crippen molar-refractivity contribution in [1.29, 1.82) is 5.26 Å². The van der Waals surface area contributed by atoms with E-state index in [-0.39, 0.29) is 18.0 Å². The molecule has 2 rings (SSSR count). The number of benzene rings is 1. The largest absolute Gasteiger partial charge is 0.373 e. The molecule has 4 heteroatoms. The van der Waals surface area contributed by atoms with Crippen molar-refractivity contribution in [3.63, 3.8) is 0 Å². The highest BCUT2D eigenvalue weighted by molar-refractivity contribution is 5.85. The number of nitriles is 1. The molecule has 3 nitrogen and oxygen atoms in total. The number of rotatable bonds is 2. The van der Waals surface area contributed by atoms with Crippen molar-refractivity contribution in [3.05, 3.63) is 35.4 Å². The Morgan fingerprint density at radius 2 is 1.82 bits per heavy atom. The number of nitrogens with zero attached hydrogens (tertiary/aromatic N) is 1. The Morgan fingerprint density at radius 3 is 2.29 bits per heavy atom. The summed E-state index contributed by atoms with van der Waals surface area (Å²) >= 11 is 0. The summed E-state index contributed by atoms with van der Waals surface area (Å²) in [6.45, 7) is 1.96. The van der Waals surface area contributed by atoms with Gasteiger partial charge in [0, 0.05) is 7.11 Å². The average Bonchev–Trinajstić information content (AvgIpc) is 2.39. The van der Waals surface area contributed by atoms with Crippen LogP contribution in [0.4, 0.5) is 0 Å². The molecule has 0 spiro atoms. The van der Waals surface area contributed by atoms with Gasteiger partial charge < -0.3 is 10.1 Å². The second kappa shape index (κ2) is 6.02. The summed E-state index contributed by atoms with van der Waals surface area (Å²) in [6, 6.07) is 9.87. The van der Waals surface area contributed by atoms with Gasteiger partial charge in [-0.15, -0.1) is 12.4 Å². The maximum absolute atomic E-state index is 8.77. The minimum absolute atomic E-state index is 0. The molecule has 1 saturated heterocycles. The molecule has 92 valence electrons. The van der Waals surface area contributed by atoms with Crippen molar-refractivity contribution < 1.29 is 4.74 Å². The highest BCUT2D eigenvalue weighted by Gasteiger charge is 2.33. The second-order valence-corrected chi connectivity index (χ2v) is 4.14. The van der Waals surface area contributed by atoms with Gasteiger partial charge in [-0.25, -0.2) is 0 Å². The smallest absolute Gasteiger partial charge is 0.0991 e. The lowest BCUT2D eigenvalue weighted by atomic mass is 9.84. The monoisotopic (exact) mass is 252 g/mol. The van der Waals surface area contributed by atoms with Crippen LogP contribution in [0, 0.1) is 11.3 Å². The van der Waals surface area contributed by atoms with Crippen LogP contribution in [0.3, 0.4) is 0 Å². The number of methoxy groups -OCH3 is 1. The molecule has 1 N–H and O–H groups in total. The van der Waals surface area contributed by atoms with E-state index in [1.165, 1.54) is 5.56 Å². The van der Waals surface area contributed by atoms with Crippen LogP contribution in [0.2, 0.25) is 0 Å². The molecule has 1 heterocycles. The standard InChI is InChI=1S/C13H16N2O.ClH/c1-16-13(6-8-15-9-7-13)12-4-2-11(10-14)3-5-12;/h2-5,15H,6-9H2,1H3;1H. The van der Waals surface area contributed by atoms with Crippen LogP contribution < -0.4 is 5.32 Å². The van der Waals surface area contributed by atoms with E-state index in [0.29, 0.717) is 5.56 Å². The molecule has 0 saturated carbocycles. The Hall–Kier alpha value is -1.08. The zero-order chi connectivity index (χ0) is 11.4. The minimum Gasteiger partial charge on any atom is -0.373 e. The van der Waals surface area contributed by atoms with Crippen molar-refractivity contribution in [2.24, 2.45) is 0 Å². The van der Waals surface area contributed by atoms with Gasteiger partial charge in [-0.2, -0.15) is 5.26 Å². The van der Waals surface area contributed by atoms with Crippen molar-refractivity contribution in [3.8, 4) is 6.07 Å². The Labute approximate surface area is 108 Å². The fourth-order valence-electron chi connectivity index (χ4n) is 2.29. The Morgan fingerprint density at radius 1 is 1.24 bits per heavy atom. The van der Waals surface area contributed by atoms with E-state index in [9.17, 15) is 0 Å². The third kappa shape index (κ3) is 2.78. The quantitative estimate of drug-likeness (QED) is 0.878. The lowest BCUT2D eigenvalue weighted by Gasteiger charge is -2.36. The molecule has 0 atom stereocenters. The molecule has 1 aliphatic heterocycles. The number of hydrogen-bond acceptors (Lipinski definition) is 3. The predicted octanol–water partition coefficient (Wildman–Crippen LogP) is 2.21. The number of hydrogen-bond donors (Lipinski definition) is 1. The summed E-state index contributed by atoms with van der Waals surface area (Å²) in [5.41, 5.74) is 1.71. The van der Waals surface area contributed by atoms with Gasteiger partial charge >= 0.3 is 0 Å². The molecule has 1 aliphatic rings. The molecule has 0 aliphatic carbocycles. The Balaban J connectivity index is 0.00000144. The Bertz CT molecular complexity index is 391. The van der Waals surface area contributed by atoms with Crippen LogP contribution in [-0.4, -0.2) is 20.2 Å². The second-order valence-electron chi connectivity index (χ2n) is 4.14. The zero-order valence-electron chi connectivity index (χ0n) is 9.90. The van der Waals surface area contributed by atoms with Gasteiger partial charge in [0.05, 0.1) is 17.2 Å². The number of ether oxygens (including phenoxy) is 1. The molecule has 0 radical (unpaired) electrons. The van der Waals surface area contributed by atoms with Gasteiger partial charge in [-0.3, -0.25) is 0 Å². The third-order valence-electron chi connectivity index (χ3n) is 3.34. The molecule has 0 aromatic heterocycles. The van der Waals surface area contributed by atoms with Crippen molar-refractivity contribution >= 4 is 12.4 Å². The van der Waals surface area contributed by atoms with E-state index in [2.05, 4.69) is 11.4 Å². The zero-order valence-corrected chi connectivity index (χ0v) is 10.7.